The van der Waals surface area contributed by atoms with Crippen LogP contribution >= 0.6 is 23.2 Å². The van der Waals surface area contributed by atoms with E-state index in [0.29, 0.717) is 22.6 Å². The lowest BCUT2D eigenvalue weighted by atomic mass is 10.2. The second kappa shape index (κ2) is 7.69. The number of benzene rings is 1. The first-order valence-electron chi connectivity index (χ1n) is 8.93. The number of halogens is 2. The first-order valence-corrected chi connectivity index (χ1v) is 11.1. The molecule has 1 N–H and O–H groups in total. The van der Waals surface area contributed by atoms with E-state index in [1.165, 1.54) is 33.3 Å². The van der Waals surface area contributed by atoms with Gasteiger partial charge in [0.2, 0.25) is 10.0 Å². The molecule has 9 nitrogen and oxygen atoms in total. The van der Waals surface area contributed by atoms with Crippen LogP contribution in [0.1, 0.15) is 12.5 Å². The van der Waals surface area contributed by atoms with Crippen molar-refractivity contribution in [1.29, 1.82) is 0 Å². The quantitative estimate of drug-likeness (QED) is 0.611. The summed E-state index contributed by atoms with van der Waals surface area (Å²) >= 11 is 11.9. The average Bonchev–Trinajstić information content (AvgIpc) is 3.25. The lowest BCUT2D eigenvalue weighted by Gasteiger charge is -2.18. The topological polar surface area (TPSA) is 114 Å². The summed E-state index contributed by atoms with van der Waals surface area (Å²) in [7, 11) is -3.90. The molecular formula is C18H16Cl2N4O5S. The number of carboxylic acids is 1. The minimum absolute atomic E-state index is 0.0165. The van der Waals surface area contributed by atoms with E-state index in [1.807, 2.05) is 0 Å². The number of hydrogen-bond donors (Lipinski definition) is 1. The van der Waals surface area contributed by atoms with Gasteiger partial charge in [0, 0.05) is 24.3 Å². The standard InChI is InChI=1S/C18H16Cl2N4O5S/c19-11-3-4-15(13(20)8-11)30(28,29)22-7-5-12(9-22)24-17-14(2-1-6-21-17)23(18(24)27)10-16(25)26/h1-4,6,8,12H,5,7,9-10H2,(H,25,26). The number of rotatable bonds is 5. The maximum atomic E-state index is 13.1. The van der Waals surface area contributed by atoms with Crippen LogP contribution in [0, 0.1) is 0 Å². The molecule has 2 aromatic heterocycles. The minimum Gasteiger partial charge on any atom is -0.480 e. The Morgan fingerprint density at radius 3 is 2.73 bits per heavy atom. The van der Waals surface area contributed by atoms with Crippen LogP contribution in [0.25, 0.3) is 11.2 Å². The fourth-order valence-corrected chi connectivity index (χ4v) is 5.93. The molecule has 1 fully saturated rings. The molecule has 0 bridgehead atoms. The zero-order valence-electron chi connectivity index (χ0n) is 15.4. The third-order valence-electron chi connectivity index (χ3n) is 5.02. The number of sulfonamides is 1. The van der Waals surface area contributed by atoms with Crippen LogP contribution in [-0.4, -0.2) is 51.0 Å². The predicted octanol–water partition coefficient (Wildman–Crippen LogP) is 2.23. The molecule has 0 spiro atoms. The van der Waals surface area contributed by atoms with Crippen LogP contribution in [0.2, 0.25) is 10.0 Å². The molecule has 1 unspecified atom stereocenters. The monoisotopic (exact) mass is 470 g/mol. The first kappa shape index (κ1) is 20.9. The summed E-state index contributed by atoms with van der Waals surface area (Å²) in [6.45, 7) is -0.302. The Labute approximate surface area is 181 Å². The second-order valence-electron chi connectivity index (χ2n) is 6.86. The fraction of sp³-hybridized carbons (Fsp3) is 0.278. The highest BCUT2D eigenvalue weighted by Gasteiger charge is 2.36. The Morgan fingerprint density at radius 1 is 1.27 bits per heavy atom. The van der Waals surface area contributed by atoms with Crippen molar-refractivity contribution in [3.63, 3.8) is 0 Å². The second-order valence-corrected chi connectivity index (χ2v) is 9.61. The van der Waals surface area contributed by atoms with Gasteiger partial charge in [0.15, 0.2) is 5.65 Å². The first-order chi connectivity index (χ1) is 14.2. The molecule has 4 rings (SSSR count). The van der Waals surface area contributed by atoms with Crippen molar-refractivity contribution in [2.45, 2.75) is 23.9 Å². The van der Waals surface area contributed by atoms with Crippen molar-refractivity contribution in [3.8, 4) is 0 Å². The van der Waals surface area contributed by atoms with Crippen LogP contribution in [0.3, 0.4) is 0 Å². The Morgan fingerprint density at radius 2 is 2.03 bits per heavy atom. The minimum atomic E-state index is -3.90. The number of carbonyl (C=O) groups is 1. The number of fused-ring (bicyclic) bond motifs is 1. The summed E-state index contributed by atoms with van der Waals surface area (Å²) in [4.78, 5) is 28.3. The molecule has 1 aliphatic rings. The molecule has 3 heterocycles. The normalized spacial score (nSPS) is 17.6. The van der Waals surface area contributed by atoms with Gasteiger partial charge in [-0.2, -0.15) is 4.31 Å². The Balaban J connectivity index is 1.72. The van der Waals surface area contributed by atoms with Crippen LogP contribution in [0.15, 0.2) is 46.2 Å². The molecule has 30 heavy (non-hydrogen) atoms. The molecule has 1 aromatic carbocycles. The molecule has 0 aliphatic carbocycles. The van der Waals surface area contributed by atoms with Crippen molar-refractivity contribution in [2.75, 3.05) is 13.1 Å². The third kappa shape index (κ3) is 3.49. The van der Waals surface area contributed by atoms with Crippen molar-refractivity contribution in [1.82, 2.24) is 18.4 Å². The summed E-state index contributed by atoms with van der Waals surface area (Å²) in [5.74, 6) is -1.16. The van der Waals surface area contributed by atoms with E-state index in [4.69, 9.17) is 28.3 Å². The number of hydrogen-bond acceptors (Lipinski definition) is 5. The summed E-state index contributed by atoms with van der Waals surface area (Å²) in [5.41, 5.74) is 0.157. The predicted molar refractivity (Wildman–Crippen MR) is 111 cm³/mol. The van der Waals surface area contributed by atoms with E-state index >= 15 is 0 Å². The van der Waals surface area contributed by atoms with Crippen LogP contribution in [-0.2, 0) is 21.4 Å². The lowest BCUT2D eigenvalue weighted by Crippen LogP contribution is -2.33. The van der Waals surface area contributed by atoms with Gasteiger partial charge in [-0.1, -0.05) is 23.2 Å². The van der Waals surface area contributed by atoms with Gasteiger partial charge in [-0.25, -0.2) is 18.2 Å². The number of pyridine rings is 1. The molecule has 0 saturated carbocycles. The van der Waals surface area contributed by atoms with Gasteiger partial charge in [-0.05, 0) is 36.8 Å². The maximum absolute atomic E-state index is 13.1. The van der Waals surface area contributed by atoms with Gasteiger partial charge in [-0.3, -0.25) is 13.9 Å². The van der Waals surface area contributed by atoms with Crippen LogP contribution in [0.5, 0.6) is 0 Å². The van der Waals surface area contributed by atoms with Gasteiger partial charge in [0.25, 0.3) is 0 Å². The van der Waals surface area contributed by atoms with Gasteiger partial charge < -0.3 is 5.11 Å². The lowest BCUT2D eigenvalue weighted by molar-refractivity contribution is -0.137. The van der Waals surface area contributed by atoms with E-state index in [2.05, 4.69) is 4.98 Å². The van der Waals surface area contributed by atoms with Crippen molar-refractivity contribution in [3.05, 3.63) is 57.1 Å². The molecule has 0 amide bonds. The van der Waals surface area contributed by atoms with E-state index < -0.39 is 34.3 Å². The fourth-order valence-electron chi connectivity index (χ4n) is 3.69. The van der Waals surface area contributed by atoms with E-state index in [9.17, 15) is 18.0 Å². The highest BCUT2D eigenvalue weighted by Crippen LogP contribution is 2.32. The largest absolute Gasteiger partial charge is 0.480 e. The smallest absolute Gasteiger partial charge is 0.331 e. The van der Waals surface area contributed by atoms with E-state index in [-0.39, 0.29) is 23.0 Å². The summed E-state index contributed by atoms with van der Waals surface area (Å²) in [6, 6.07) is 6.88. The summed E-state index contributed by atoms with van der Waals surface area (Å²) < 4.78 is 29.9. The SMILES string of the molecule is O=C(O)Cn1c(=O)n(C2CCN(S(=O)(=O)c3ccc(Cl)cc3Cl)C2)c2ncccc21. The Bertz CT molecular complexity index is 1320. The van der Waals surface area contributed by atoms with Gasteiger partial charge in [0.1, 0.15) is 11.4 Å². The Kier molecular flexibility index (Phi) is 5.35. The van der Waals surface area contributed by atoms with Crippen molar-refractivity contribution >= 4 is 50.4 Å². The zero-order chi connectivity index (χ0) is 21.6. The molecule has 1 aliphatic heterocycles. The summed E-state index contributed by atoms with van der Waals surface area (Å²) in [5, 5.41) is 9.48. The van der Waals surface area contributed by atoms with Crippen LogP contribution in [0.4, 0.5) is 0 Å². The van der Waals surface area contributed by atoms with Crippen molar-refractivity contribution in [2.24, 2.45) is 0 Å². The third-order valence-corrected chi connectivity index (χ3v) is 7.60. The van der Waals surface area contributed by atoms with E-state index in [0.717, 1.165) is 4.57 Å². The molecule has 1 saturated heterocycles. The van der Waals surface area contributed by atoms with Crippen LogP contribution < -0.4 is 5.69 Å². The molecule has 1 atom stereocenters. The van der Waals surface area contributed by atoms with Gasteiger partial charge in [0.05, 0.1) is 16.6 Å². The Hall–Kier alpha value is -2.40. The number of imidazole rings is 1. The molecule has 158 valence electrons. The zero-order valence-corrected chi connectivity index (χ0v) is 17.7. The molecule has 0 radical (unpaired) electrons. The number of aromatic nitrogens is 3. The molecule has 12 heteroatoms. The summed E-state index contributed by atoms with van der Waals surface area (Å²) in [6.07, 6.45) is 1.87. The highest BCUT2D eigenvalue weighted by atomic mass is 35.5. The maximum Gasteiger partial charge on any atom is 0.331 e. The molecular weight excluding hydrogens is 455 g/mol. The highest BCUT2D eigenvalue weighted by molar-refractivity contribution is 7.89. The van der Waals surface area contributed by atoms with Crippen molar-refractivity contribution < 1.29 is 18.3 Å². The van der Waals surface area contributed by atoms with Gasteiger partial charge >= 0.3 is 11.7 Å². The molecule has 3 aromatic rings. The number of aliphatic carboxylic acids is 1. The average molecular weight is 471 g/mol. The number of nitrogens with zero attached hydrogens (tertiary/aromatic N) is 4. The van der Waals surface area contributed by atoms with E-state index in [1.54, 1.807) is 12.1 Å². The van der Waals surface area contributed by atoms with Gasteiger partial charge in [-0.15, -0.1) is 0 Å². The number of carboxylic acid groups (broad SMARTS) is 1.